The molecular weight excluding hydrogens is 407 g/mol. The SMILES string of the molecule is O=C1NCCN(CC(F)(F)C2CCOCC2)C2=C1CCc1ccc(C(F)(F)F)cc12. The minimum absolute atomic E-state index is 0.110. The Labute approximate surface area is 171 Å². The zero-order valence-corrected chi connectivity index (χ0v) is 16.3. The molecule has 0 radical (unpaired) electrons. The van der Waals surface area contributed by atoms with E-state index in [0.717, 1.165) is 12.1 Å². The molecule has 0 unspecified atom stereocenters. The second-order valence-corrected chi connectivity index (χ2v) is 8.02. The summed E-state index contributed by atoms with van der Waals surface area (Å²) in [5.74, 6) is -4.30. The summed E-state index contributed by atoms with van der Waals surface area (Å²) in [5.41, 5.74) is 0.503. The van der Waals surface area contributed by atoms with Gasteiger partial charge in [0, 0.05) is 43.4 Å². The highest BCUT2D eigenvalue weighted by atomic mass is 19.4. The molecule has 2 aliphatic heterocycles. The molecule has 1 N–H and O–H groups in total. The van der Waals surface area contributed by atoms with Crippen LogP contribution in [0.4, 0.5) is 22.0 Å². The zero-order chi connectivity index (χ0) is 21.5. The molecule has 9 heteroatoms. The van der Waals surface area contributed by atoms with Gasteiger partial charge in [0.1, 0.15) is 0 Å². The van der Waals surface area contributed by atoms with Gasteiger partial charge in [0.05, 0.1) is 17.8 Å². The summed E-state index contributed by atoms with van der Waals surface area (Å²) >= 11 is 0. The fourth-order valence-corrected chi connectivity index (χ4v) is 4.50. The van der Waals surface area contributed by atoms with E-state index in [9.17, 15) is 18.0 Å². The predicted octanol–water partition coefficient (Wildman–Crippen LogP) is 3.86. The summed E-state index contributed by atoms with van der Waals surface area (Å²) in [6.45, 7) is 0.169. The first kappa shape index (κ1) is 21.1. The molecule has 2 heterocycles. The van der Waals surface area contributed by atoms with Crippen LogP contribution in [0.5, 0.6) is 0 Å². The second kappa shape index (κ2) is 7.83. The van der Waals surface area contributed by atoms with Crippen LogP contribution in [0.3, 0.4) is 0 Å². The van der Waals surface area contributed by atoms with Crippen LogP contribution in [0, 0.1) is 5.92 Å². The minimum Gasteiger partial charge on any atom is -0.381 e. The molecule has 1 aliphatic carbocycles. The number of ether oxygens (including phenoxy) is 1. The average molecular weight is 430 g/mol. The van der Waals surface area contributed by atoms with Crippen LogP contribution in [-0.2, 0) is 22.1 Å². The Hall–Kier alpha value is -2.16. The van der Waals surface area contributed by atoms with Crippen LogP contribution in [0.1, 0.15) is 36.0 Å². The molecule has 1 fully saturated rings. The van der Waals surface area contributed by atoms with Gasteiger partial charge >= 0.3 is 6.18 Å². The Bertz CT molecular complexity index is 859. The van der Waals surface area contributed by atoms with Crippen LogP contribution in [0.15, 0.2) is 23.8 Å². The molecule has 1 aromatic carbocycles. The standard InChI is InChI=1S/C21H23F5N2O2/c22-20(23,14-5-9-30-10-6-14)12-28-8-7-27-19(29)16-4-2-13-1-3-15(21(24,25)26)11-17(13)18(16)28/h1,3,11,14H,2,4-10,12H2,(H,27,29). The topological polar surface area (TPSA) is 41.6 Å². The third-order valence-corrected chi connectivity index (χ3v) is 6.10. The highest BCUT2D eigenvalue weighted by molar-refractivity contribution is 6.02. The molecule has 1 saturated heterocycles. The Morgan fingerprint density at radius 1 is 1.10 bits per heavy atom. The van der Waals surface area contributed by atoms with Crippen molar-refractivity contribution in [1.82, 2.24) is 10.2 Å². The molecule has 164 valence electrons. The maximum Gasteiger partial charge on any atom is 0.416 e. The lowest BCUT2D eigenvalue weighted by Crippen LogP contribution is -2.44. The maximum absolute atomic E-state index is 15.1. The van der Waals surface area contributed by atoms with Crippen LogP contribution in [-0.4, -0.2) is 49.6 Å². The molecule has 0 atom stereocenters. The minimum atomic E-state index is -4.56. The number of hydrogen-bond acceptors (Lipinski definition) is 3. The normalized spacial score (nSPS) is 21.1. The molecule has 30 heavy (non-hydrogen) atoms. The van der Waals surface area contributed by atoms with Gasteiger partial charge in [-0.1, -0.05) is 6.07 Å². The van der Waals surface area contributed by atoms with E-state index >= 15 is 8.78 Å². The van der Waals surface area contributed by atoms with E-state index in [4.69, 9.17) is 4.74 Å². The summed E-state index contributed by atoms with van der Waals surface area (Å²) in [6.07, 6.45) is -3.39. The molecule has 4 nitrogen and oxygen atoms in total. The van der Waals surface area contributed by atoms with Crippen molar-refractivity contribution < 1.29 is 31.5 Å². The van der Waals surface area contributed by atoms with Crippen molar-refractivity contribution >= 4 is 11.6 Å². The largest absolute Gasteiger partial charge is 0.416 e. The number of fused-ring (bicyclic) bond motifs is 2. The smallest absolute Gasteiger partial charge is 0.381 e. The fraction of sp³-hybridized carbons (Fsp3) is 0.571. The second-order valence-electron chi connectivity index (χ2n) is 8.02. The number of carbonyl (C=O) groups excluding carboxylic acids is 1. The first-order valence-corrected chi connectivity index (χ1v) is 10.1. The lowest BCUT2D eigenvalue weighted by atomic mass is 9.86. The van der Waals surface area contributed by atoms with Crippen molar-refractivity contribution in [3.8, 4) is 0 Å². The highest BCUT2D eigenvalue weighted by Gasteiger charge is 2.44. The predicted molar refractivity (Wildman–Crippen MR) is 99.8 cm³/mol. The van der Waals surface area contributed by atoms with Gasteiger partial charge < -0.3 is 15.0 Å². The fourth-order valence-electron chi connectivity index (χ4n) is 4.50. The molecule has 1 aromatic rings. The highest BCUT2D eigenvalue weighted by Crippen LogP contribution is 2.41. The van der Waals surface area contributed by atoms with Crippen LogP contribution in [0.25, 0.3) is 5.70 Å². The van der Waals surface area contributed by atoms with E-state index in [1.807, 2.05) is 0 Å². The van der Waals surface area contributed by atoms with Gasteiger partial charge in [-0.2, -0.15) is 13.2 Å². The first-order chi connectivity index (χ1) is 14.2. The molecule has 0 aromatic heterocycles. The molecule has 1 amide bonds. The molecule has 0 bridgehead atoms. The summed E-state index contributed by atoms with van der Waals surface area (Å²) < 4.78 is 75.4. The van der Waals surface area contributed by atoms with Gasteiger partial charge in [-0.15, -0.1) is 0 Å². The van der Waals surface area contributed by atoms with Crippen molar-refractivity contribution in [1.29, 1.82) is 0 Å². The quantitative estimate of drug-likeness (QED) is 0.741. The molecular formula is C21H23F5N2O2. The number of hydrogen-bond donors (Lipinski definition) is 1. The number of nitrogens with one attached hydrogen (secondary N) is 1. The molecule has 0 saturated carbocycles. The van der Waals surface area contributed by atoms with Crippen molar-refractivity contribution in [3.05, 3.63) is 40.5 Å². The summed E-state index contributed by atoms with van der Waals surface area (Å²) in [5, 5.41) is 2.69. The summed E-state index contributed by atoms with van der Waals surface area (Å²) in [7, 11) is 0. The Kier molecular flexibility index (Phi) is 5.50. The number of benzene rings is 1. The van der Waals surface area contributed by atoms with Crippen molar-refractivity contribution in [2.75, 3.05) is 32.8 Å². The number of carbonyl (C=O) groups is 1. The van der Waals surface area contributed by atoms with E-state index in [-0.39, 0.29) is 56.0 Å². The van der Waals surface area contributed by atoms with Gasteiger partial charge in [-0.05, 0) is 43.4 Å². The van der Waals surface area contributed by atoms with Crippen LogP contribution < -0.4 is 5.32 Å². The third-order valence-electron chi connectivity index (χ3n) is 6.10. The number of alkyl halides is 5. The lowest BCUT2D eigenvalue weighted by Gasteiger charge is -2.37. The van der Waals surface area contributed by atoms with Gasteiger partial charge in [0.15, 0.2) is 0 Å². The van der Waals surface area contributed by atoms with Crippen molar-refractivity contribution in [3.63, 3.8) is 0 Å². The third kappa shape index (κ3) is 4.04. The monoisotopic (exact) mass is 430 g/mol. The van der Waals surface area contributed by atoms with Crippen molar-refractivity contribution in [2.45, 2.75) is 37.8 Å². The lowest BCUT2D eigenvalue weighted by molar-refractivity contribution is -0.137. The van der Waals surface area contributed by atoms with E-state index in [2.05, 4.69) is 5.32 Å². The van der Waals surface area contributed by atoms with Crippen LogP contribution >= 0.6 is 0 Å². The first-order valence-electron chi connectivity index (χ1n) is 10.1. The average Bonchev–Trinajstić information content (AvgIpc) is 2.86. The van der Waals surface area contributed by atoms with Crippen LogP contribution in [0.2, 0.25) is 0 Å². The number of nitrogens with zero attached hydrogens (tertiary/aromatic N) is 1. The maximum atomic E-state index is 15.1. The van der Waals surface area contributed by atoms with Crippen molar-refractivity contribution in [2.24, 2.45) is 5.92 Å². The van der Waals surface area contributed by atoms with Gasteiger partial charge in [-0.25, -0.2) is 8.78 Å². The molecule has 3 aliphatic rings. The Morgan fingerprint density at radius 2 is 1.83 bits per heavy atom. The number of halogens is 5. The number of amides is 1. The van der Waals surface area contributed by atoms with E-state index in [0.29, 0.717) is 18.4 Å². The van der Waals surface area contributed by atoms with E-state index in [1.165, 1.54) is 11.0 Å². The Morgan fingerprint density at radius 3 is 2.53 bits per heavy atom. The Balaban J connectivity index is 1.74. The van der Waals surface area contributed by atoms with E-state index < -0.39 is 36.0 Å². The summed E-state index contributed by atoms with van der Waals surface area (Å²) in [6, 6.07) is 3.38. The number of rotatable bonds is 3. The summed E-state index contributed by atoms with van der Waals surface area (Å²) in [4.78, 5) is 13.9. The van der Waals surface area contributed by atoms with Gasteiger partial charge in [-0.3, -0.25) is 4.79 Å². The van der Waals surface area contributed by atoms with Gasteiger partial charge in [0.2, 0.25) is 5.91 Å². The van der Waals surface area contributed by atoms with Gasteiger partial charge in [0.25, 0.3) is 5.92 Å². The van der Waals surface area contributed by atoms with E-state index in [1.54, 1.807) is 0 Å². The number of aryl methyl sites for hydroxylation is 1. The zero-order valence-electron chi connectivity index (χ0n) is 16.3. The molecule has 4 rings (SSSR count). The molecule has 0 spiro atoms.